The summed E-state index contributed by atoms with van der Waals surface area (Å²) in [5.74, 6) is -0.195. The van der Waals surface area contributed by atoms with Gasteiger partial charge in [-0.3, -0.25) is 4.79 Å². The third-order valence-corrected chi connectivity index (χ3v) is 3.41. The van der Waals surface area contributed by atoms with Crippen molar-refractivity contribution in [2.75, 3.05) is 11.1 Å². The Bertz CT molecular complexity index is 708. The first-order valence-electron chi connectivity index (χ1n) is 6.57. The zero-order valence-electron chi connectivity index (χ0n) is 12.0. The lowest BCUT2D eigenvalue weighted by atomic mass is 10.1. The fraction of sp³-hybridized carbons (Fsp3) is 0.118. The van der Waals surface area contributed by atoms with Crippen LogP contribution in [0.3, 0.4) is 0 Å². The standard InChI is InChI=1S/C17H17ClN2O/c1-11-3-4-13(10-15(11)19)5-8-17(21)20-16-7-6-14(18)9-12(16)2/h3-10H,19H2,1-2H3,(H,20,21)/b8-5+. The first-order chi connectivity index (χ1) is 9.95. The van der Waals surface area contributed by atoms with Gasteiger partial charge in [-0.25, -0.2) is 0 Å². The van der Waals surface area contributed by atoms with Crippen molar-refractivity contribution in [1.29, 1.82) is 0 Å². The quantitative estimate of drug-likeness (QED) is 0.659. The van der Waals surface area contributed by atoms with E-state index in [-0.39, 0.29) is 5.91 Å². The highest BCUT2D eigenvalue weighted by molar-refractivity contribution is 6.30. The van der Waals surface area contributed by atoms with E-state index < -0.39 is 0 Å². The van der Waals surface area contributed by atoms with Crippen LogP contribution in [0, 0.1) is 13.8 Å². The number of hydrogen-bond donors (Lipinski definition) is 2. The van der Waals surface area contributed by atoms with Crippen LogP contribution in [0.5, 0.6) is 0 Å². The number of halogens is 1. The first kappa shape index (κ1) is 15.1. The highest BCUT2D eigenvalue weighted by atomic mass is 35.5. The molecule has 0 saturated carbocycles. The number of amides is 1. The maximum Gasteiger partial charge on any atom is 0.248 e. The van der Waals surface area contributed by atoms with Gasteiger partial charge in [-0.1, -0.05) is 23.7 Å². The van der Waals surface area contributed by atoms with Crippen LogP contribution in [0.4, 0.5) is 11.4 Å². The van der Waals surface area contributed by atoms with Gasteiger partial charge in [-0.2, -0.15) is 0 Å². The van der Waals surface area contributed by atoms with E-state index in [1.807, 2.05) is 38.1 Å². The number of nitrogens with one attached hydrogen (secondary N) is 1. The third kappa shape index (κ3) is 4.10. The van der Waals surface area contributed by atoms with Crippen molar-refractivity contribution in [2.24, 2.45) is 0 Å². The molecule has 108 valence electrons. The number of aryl methyl sites for hydroxylation is 2. The second-order valence-corrected chi connectivity index (χ2v) is 5.33. The highest BCUT2D eigenvalue weighted by Crippen LogP contribution is 2.19. The second kappa shape index (κ2) is 6.46. The van der Waals surface area contributed by atoms with Crippen molar-refractivity contribution < 1.29 is 4.79 Å². The number of nitrogens with two attached hydrogens (primary N) is 1. The predicted octanol–water partition coefficient (Wildman–Crippen LogP) is 4.19. The van der Waals surface area contributed by atoms with E-state index in [4.69, 9.17) is 17.3 Å². The molecule has 4 heteroatoms. The molecule has 2 rings (SSSR count). The molecule has 3 nitrogen and oxygen atoms in total. The van der Waals surface area contributed by atoms with Crippen molar-refractivity contribution >= 4 is 35.0 Å². The SMILES string of the molecule is Cc1ccc(/C=C/C(=O)Nc2ccc(Cl)cc2C)cc1N. The maximum atomic E-state index is 11.9. The Morgan fingerprint density at radius 2 is 1.90 bits per heavy atom. The van der Waals surface area contributed by atoms with Crippen LogP contribution in [0.2, 0.25) is 5.02 Å². The summed E-state index contributed by atoms with van der Waals surface area (Å²) in [5, 5.41) is 3.47. The molecule has 0 radical (unpaired) electrons. The minimum Gasteiger partial charge on any atom is -0.398 e. The maximum absolute atomic E-state index is 11.9. The lowest BCUT2D eigenvalue weighted by Crippen LogP contribution is -2.08. The van der Waals surface area contributed by atoms with E-state index >= 15 is 0 Å². The molecule has 0 heterocycles. The number of hydrogen-bond acceptors (Lipinski definition) is 2. The average Bonchev–Trinajstić information content (AvgIpc) is 2.43. The van der Waals surface area contributed by atoms with Crippen LogP contribution in [0.25, 0.3) is 6.08 Å². The van der Waals surface area contributed by atoms with Crippen molar-refractivity contribution in [3.8, 4) is 0 Å². The number of carbonyl (C=O) groups excluding carboxylic acids is 1. The van der Waals surface area contributed by atoms with Crippen LogP contribution in [-0.2, 0) is 4.79 Å². The number of anilines is 2. The molecule has 0 spiro atoms. The van der Waals surface area contributed by atoms with E-state index in [2.05, 4.69) is 5.32 Å². The Kier molecular flexibility index (Phi) is 4.66. The Morgan fingerprint density at radius 3 is 2.57 bits per heavy atom. The van der Waals surface area contributed by atoms with Crippen molar-refractivity contribution in [1.82, 2.24) is 0 Å². The minimum atomic E-state index is -0.195. The van der Waals surface area contributed by atoms with Crippen molar-refractivity contribution in [3.05, 3.63) is 64.2 Å². The summed E-state index contributed by atoms with van der Waals surface area (Å²) in [6.07, 6.45) is 3.22. The van der Waals surface area contributed by atoms with Gasteiger partial charge in [0.25, 0.3) is 0 Å². The summed E-state index contributed by atoms with van der Waals surface area (Å²) >= 11 is 5.88. The van der Waals surface area contributed by atoms with Gasteiger partial charge in [-0.05, 0) is 60.9 Å². The molecule has 0 aromatic heterocycles. The van der Waals surface area contributed by atoms with Gasteiger partial charge in [0.15, 0.2) is 0 Å². The fourth-order valence-electron chi connectivity index (χ4n) is 1.88. The molecule has 2 aromatic rings. The molecule has 0 unspecified atom stereocenters. The average molecular weight is 301 g/mol. The normalized spacial score (nSPS) is 10.8. The Labute approximate surface area is 129 Å². The molecule has 0 aliphatic rings. The van der Waals surface area contributed by atoms with Gasteiger partial charge in [0.05, 0.1) is 0 Å². The van der Waals surface area contributed by atoms with Crippen molar-refractivity contribution in [2.45, 2.75) is 13.8 Å². The van der Waals surface area contributed by atoms with E-state index in [1.165, 1.54) is 6.08 Å². The molecule has 3 N–H and O–H groups in total. The van der Waals surface area contributed by atoms with Gasteiger partial charge in [-0.15, -0.1) is 0 Å². The van der Waals surface area contributed by atoms with Crippen LogP contribution in [-0.4, -0.2) is 5.91 Å². The Morgan fingerprint density at radius 1 is 1.14 bits per heavy atom. The second-order valence-electron chi connectivity index (χ2n) is 4.90. The fourth-order valence-corrected chi connectivity index (χ4v) is 2.10. The van der Waals surface area contributed by atoms with Gasteiger partial charge in [0.2, 0.25) is 5.91 Å². The smallest absolute Gasteiger partial charge is 0.248 e. The lowest BCUT2D eigenvalue weighted by Gasteiger charge is -2.06. The first-order valence-corrected chi connectivity index (χ1v) is 6.95. The summed E-state index contributed by atoms with van der Waals surface area (Å²) in [6.45, 7) is 3.84. The summed E-state index contributed by atoms with van der Waals surface area (Å²) in [5.41, 5.74) is 10.1. The minimum absolute atomic E-state index is 0.195. The molecule has 0 atom stereocenters. The van der Waals surface area contributed by atoms with Crippen LogP contribution < -0.4 is 11.1 Å². The molecule has 1 amide bonds. The topological polar surface area (TPSA) is 55.1 Å². The van der Waals surface area contributed by atoms with Crippen LogP contribution >= 0.6 is 11.6 Å². The zero-order chi connectivity index (χ0) is 15.4. The molecule has 0 aliphatic heterocycles. The molecule has 0 fully saturated rings. The van der Waals surface area contributed by atoms with Crippen molar-refractivity contribution in [3.63, 3.8) is 0 Å². The number of rotatable bonds is 3. The molecule has 2 aromatic carbocycles. The Balaban J connectivity index is 2.07. The Hall–Kier alpha value is -2.26. The number of benzene rings is 2. The summed E-state index contributed by atoms with van der Waals surface area (Å²) < 4.78 is 0. The molecule has 0 aliphatic carbocycles. The van der Waals surface area contributed by atoms with E-state index in [1.54, 1.807) is 18.2 Å². The molecule has 0 saturated heterocycles. The van der Waals surface area contributed by atoms with E-state index in [0.717, 1.165) is 22.4 Å². The summed E-state index contributed by atoms with van der Waals surface area (Å²) in [7, 11) is 0. The van der Waals surface area contributed by atoms with Gasteiger partial charge >= 0.3 is 0 Å². The van der Waals surface area contributed by atoms with Crippen LogP contribution in [0.1, 0.15) is 16.7 Å². The van der Waals surface area contributed by atoms with E-state index in [9.17, 15) is 4.79 Å². The zero-order valence-corrected chi connectivity index (χ0v) is 12.7. The molecular formula is C17H17ClN2O. The third-order valence-electron chi connectivity index (χ3n) is 3.18. The number of carbonyl (C=O) groups is 1. The monoisotopic (exact) mass is 300 g/mol. The lowest BCUT2D eigenvalue weighted by molar-refractivity contribution is -0.111. The highest BCUT2D eigenvalue weighted by Gasteiger charge is 2.02. The summed E-state index contributed by atoms with van der Waals surface area (Å²) in [4.78, 5) is 11.9. The molecule has 21 heavy (non-hydrogen) atoms. The van der Waals surface area contributed by atoms with Gasteiger partial charge < -0.3 is 11.1 Å². The molecular weight excluding hydrogens is 284 g/mol. The van der Waals surface area contributed by atoms with E-state index in [0.29, 0.717) is 10.7 Å². The molecule has 0 bridgehead atoms. The van der Waals surface area contributed by atoms with Gasteiger partial charge in [0, 0.05) is 22.5 Å². The summed E-state index contributed by atoms with van der Waals surface area (Å²) in [6, 6.07) is 11.0. The largest absolute Gasteiger partial charge is 0.398 e. The van der Waals surface area contributed by atoms with Crippen LogP contribution in [0.15, 0.2) is 42.5 Å². The van der Waals surface area contributed by atoms with Gasteiger partial charge in [0.1, 0.15) is 0 Å². The number of nitrogen functional groups attached to an aromatic ring is 1. The predicted molar refractivity (Wildman–Crippen MR) is 89.4 cm³/mol.